The molecule has 0 fully saturated rings. The molecule has 0 N–H and O–H groups in total. The summed E-state index contributed by atoms with van der Waals surface area (Å²) in [6, 6.07) is 0. The van der Waals surface area contributed by atoms with Gasteiger partial charge in [-0.25, -0.2) is 0 Å². The van der Waals surface area contributed by atoms with Crippen LogP contribution in [-0.2, 0) is 4.79 Å². The van der Waals surface area contributed by atoms with Crippen LogP contribution in [0.2, 0.25) is 0 Å². The number of unbranched alkanes of at least 4 members (excludes halogenated alkanes) is 1. The minimum Gasteiger partial charge on any atom is -0.346 e. The standard InChI is InChI=1S/C12H26N2O.C2H6/c1-11(2)10-14(5)12(15)8-6-7-9-13(3)4;1-2/h11H,6-10H2,1-5H3;1-2H3. The van der Waals surface area contributed by atoms with Crippen LogP contribution in [0, 0.1) is 5.92 Å². The number of rotatable bonds is 7. The van der Waals surface area contributed by atoms with Gasteiger partial charge < -0.3 is 9.80 Å². The largest absolute Gasteiger partial charge is 0.346 e. The number of hydrogen-bond acceptors (Lipinski definition) is 2. The summed E-state index contributed by atoms with van der Waals surface area (Å²) >= 11 is 0. The molecule has 0 bridgehead atoms. The zero-order valence-corrected chi connectivity index (χ0v) is 12.9. The van der Waals surface area contributed by atoms with E-state index in [1.54, 1.807) is 0 Å². The molecule has 0 aliphatic carbocycles. The molecule has 1 amide bonds. The molecule has 3 nitrogen and oxygen atoms in total. The van der Waals surface area contributed by atoms with Gasteiger partial charge in [0.25, 0.3) is 0 Å². The summed E-state index contributed by atoms with van der Waals surface area (Å²) in [6.45, 7) is 10.2. The highest BCUT2D eigenvalue weighted by atomic mass is 16.2. The van der Waals surface area contributed by atoms with Gasteiger partial charge in [-0.15, -0.1) is 0 Å². The van der Waals surface area contributed by atoms with Crippen LogP contribution in [0.25, 0.3) is 0 Å². The van der Waals surface area contributed by atoms with Crippen molar-refractivity contribution in [3.8, 4) is 0 Å². The predicted octanol–water partition coefficient (Wildman–Crippen LogP) is 2.86. The summed E-state index contributed by atoms with van der Waals surface area (Å²) in [6.07, 6.45) is 2.80. The molecule has 0 atom stereocenters. The molecular formula is C14H32N2O. The maximum Gasteiger partial charge on any atom is 0.222 e. The molecular weight excluding hydrogens is 212 g/mol. The van der Waals surface area contributed by atoms with E-state index in [4.69, 9.17) is 0 Å². The Morgan fingerprint density at radius 2 is 1.59 bits per heavy atom. The van der Waals surface area contributed by atoms with E-state index in [1.807, 2.05) is 25.8 Å². The van der Waals surface area contributed by atoms with E-state index in [0.717, 1.165) is 25.9 Å². The van der Waals surface area contributed by atoms with E-state index in [0.29, 0.717) is 12.3 Å². The fraction of sp³-hybridized carbons (Fsp3) is 0.929. The van der Waals surface area contributed by atoms with Crippen molar-refractivity contribution in [1.29, 1.82) is 0 Å². The molecule has 104 valence electrons. The molecule has 3 heteroatoms. The second-order valence-corrected chi connectivity index (χ2v) is 4.93. The van der Waals surface area contributed by atoms with Gasteiger partial charge in [-0.05, 0) is 39.4 Å². The third kappa shape index (κ3) is 13.4. The average molecular weight is 244 g/mol. The minimum absolute atomic E-state index is 0.280. The molecule has 0 radical (unpaired) electrons. The van der Waals surface area contributed by atoms with E-state index in [2.05, 4.69) is 32.8 Å². The molecule has 0 unspecified atom stereocenters. The fourth-order valence-electron chi connectivity index (χ4n) is 1.54. The second-order valence-electron chi connectivity index (χ2n) is 4.93. The van der Waals surface area contributed by atoms with E-state index in [9.17, 15) is 4.79 Å². The van der Waals surface area contributed by atoms with Crippen molar-refractivity contribution in [2.24, 2.45) is 5.92 Å². The summed E-state index contributed by atoms with van der Waals surface area (Å²) in [5.41, 5.74) is 0. The van der Waals surface area contributed by atoms with Crippen molar-refractivity contribution in [3.63, 3.8) is 0 Å². The Morgan fingerprint density at radius 3 is 2.00 bits per heavy atom. The van der Waals surface area contributed by atoms with E-state index in [1.165, 1.54) is 0 Å². The zero-order chi connectivity index (χ0) is 13.8. The highest BCUT2D eigenvalue weighted by Crippen LogP contribution is 2.03. The van der Waals surface area contributed by atoms with Crippen LogP contribution in [-0.4, -0.2) is 49.9 Å². The summed E-state index contributed by atoms with van der Waals surface area (Å²) in [5, 5.41) is 0. The van der Waals surface area contributed by atoms with Gasteiger partial charge in [-0.2, -0.15) is 0 Å². The van der Waals surface area contributed by atoms with Gasteiger partial charge in [0.2, 0.25) is 5.91 Å². The first-order valence-electron chi connectivity index (χ1n) is 6.82. The van der Waals surface area contributed by atoms with Gasteiger partial charge in [0.15, 0.2) is 0 Å². The van der Waals surface area contributed by atoms with Gasteiger partial charge in [0.1, 0.15) is 0 Å². The monoisotopic (exact) mass is 244 g/mol. The molecule has 0 spiro atoms. The molecule has 0 aliphatic rings. The Kier molecular flexibility index (Phi) is 13.2. The lowest BCUT2D eigenvalue weighted by molar-refractivity contribution is -0.130. The molecule has 0 aromatic heterocycles. The van der Waals surface area contributed by atoms with Gasteiger partial charge in [-0.3, -0.25) is 4.79 Å². The fourth-order valence-corrected chi connectivity index (χ4v) is 1.54. The number of carbonyl (C=O) groups excluding carboxylic acids is 1. The highest BCUT2D eigenvalue weighted by Gasteiger charge is 2.09. The van der Waals surface area contributed by atoms with E-state index >= 15 is 0 Å². The summed E-state index contributed by atoms with van der Waals surface area (Å²) in [4.78, 5) is 15.6. The van der Waals surface area contributed by atoms with Crippen LogP contribution >= 0.6 is 0 Å². The number of carbonyl (C=O) groups is 1. The second kappa shape index (κ2) is 11.9. The first-order chi connectivity index (χ1) is 7.93. The van der Waals surface area contributed by atoms with Gasteiger partial charge in [-0.1, -0.05) is 27.7 Å². The predicted molar refractivity (Wildman–Crippen MR) is 76.2 cm³/mol. The van der Waals surface area contributed by atoms with E-state index in [-0.39, 0.29) is 5.91 Å². The first kappa shape index (κ1) is 18.8. The lowest BCUT2D eigenvalue weighted by Crippen LogP contribution is -2.30. The van der Waals surface area contributed by atoms with Crippen molar-refractivity contribution in [3.05, 3.63) is 0 Å². The molecule has 0 aromatic rings. The average Bonchev–Trinajstić information content (AvgIpc) is 2.25. The summed E-state index contributed by atoms with van der Waals surface area (Å²) in [7, 11) is 6.02. The van der Waals surface area contributed by atoms with Crippen molar-refractivity contribution in [1.82, 2.24) is 9.80 Å². The maximum atomic E-state index is 11.6. The Labute approximate surface area is 108 Å². The lowest BCUT2D eigenvalue weighted by atomic mass is 10.2. The Bertz CT molecular complexity index is 179. The minimum atomic E-state index is 0.280. The van der Waals surface area contributed by atoms with Crippen molar-refractivity contribution in [2.75, 3.05) is 34.2 Å². The zero-order valence-electron chi connectivity index (χ0n) is 12.9. The summed E-state index contributed by atoms with van der Waals surface area (Å²) in [5.74, 6) is 0.836. The number of hydrogen-bond donors (Lipinski definition) is 0. The smallest absolute Gasteiger partial charge is 0.222 e. The Balaban J connectivity index is 0. The Morgan fingerprint density at radius 1 is 1.06 bits per heavy atom. The lowest BCUT2D eigenvalue weighted by Gasteiger charge is -2.19. The molecule has 0 saturated heterocycles. The topological polar surface area (TPSA) is 23.6 Å². The van der Waals surface area contributed by atoms with E-state index < -0.39 is 0 Å². The maximum absolute atomic E-state index is 11.6. The van der Waals surface area contributed by atoms with Gasteiger partial charge >= 0.3 is 0 Å². The third-order valence-electron chi connectivity index (χ3n) is 2.31. The van der Waals surface area contributed by atoms with Crippen LogP contribution in [0.3, 0.4) is 0 Å². The van der Waals surface area contributed by atoms with Crippen molar-refractivity contribution in [2.45, 2.75) is 47.0 Å². The normalized spacial score (nSPS) is 10.2. The molecule has 17 heavy (non-hydrogen) atoms. The van der Waals surface area contributed by atoms with Gasteiger partial charge in [0, 0.05) is 20.0 Å². The van der Waals surface area contributed by atoms with Crippen molar-refractivity contribution < 1.29 is 4.79 Å². The number of amides is 1. The quantitative estimate of drug-likeness (QED) is 0.643. The van der Waals surface area contributed by atoms with Crippen LogP contribution in [0.1, 0.15) is 47.0 Å². The SMILES string of the molecule is CC.CC(C)CN(C)C(=O)CCCCN(C)C. The Hall–Kier alpha value is -0.570. The highest BCUT2D eigenvalue weighted by molar-refractivity contribution is 5.75. The summed E-state index contributed by atoms with van der Waals surface area (Å²) < 4.78 is 0. The van der Waals surface area contributed by atoms with Gasteiger partial charge in [0.05, 0.1) is 0 Å². The third-order valence-corrected chi connectivity index (χ3v) is 2.31. The molecule has 0 saturated carbocycles. The van der Waals surface area contributed by atoms with Crippen LogP contribution in [0.5, 0.6) is 0 Å². The first-order valence-corrected chi connectivity index (χ1v) is 6.82. The van der Waals surface area contributed by atoms with Crippen molar-refractivity contribution >= 4 is 5.91 Å². The molecule has 0 rings (SSSR count). The molecule has 0 heterocycles. The van der Waals surface area contributed by atoms with Crippen LogP contribution in [0.4, 0.5) is 0 Å². The van der Waals surface area contributed by atoms with Crippen LogP contribution in [0.15, 0.2) is 0 Å². The molecule has 0 aliphatic heterocycles. The number of nitrogens with zero attached hydrogens (tertiary/aromatic N) is 2. The van der Waals surface area contributed by atoms with Crippen LogP contribution < -0.4 is 0 Å². The molecule has 0 aromatic carbocycles.